The first-order valence-corrected chi connectivity index (χ1v) is 12.0. The van der Waals surface area contributed by atoms with Crippen molar-refractivity contribution in [3.05, 3.63) is 0 Å². The Balaban J connectivity index is 2.47. The minimum absolute atomic E-state index is 0.0638. The summed E-state index contributed by atoms with van der Waals surface area (Å²) < 4.78 is 17.4. The van der Waals surface area contributed by atoms with Crippen molar-refractivity contribution >= 4 is 20.7 Å². The molecule has 8 heteroatoms. The van der Waals surface area contributed by atoms with Crippen LogP contribution >= 0.6 is 0 Å². The zero-order chi connectivity index (χ0) is 19.3. The van der Waals surface area contributed by atoms with E-state index in [0.29, 0.717) is 51.8 Å². The fourth-order valence-corrected chi connectivity index (χ4v) is 5.76. The Bertz CT molecular complexity index is 405. The number of nitrogens with zero attached hydrogens (tertiary/aromatic N) is 1. The summed E-state index contributed by atoms with van der Waals surface area (Å²) in [6, 6.07) is 0.366. The molecular formula is C18H36N2O5Si. The third-order valence-corrected chi connectivity index (χ3v) is 7.50. The van der Waals surface area contributed by atoms with Crippen LogP contribution in [-0.4, -0.2) is 58.6 Å². The van der Waals surface area contributed by atoms with Crippen LogP contribution in [0.15, 0.2) is 0 Å². The molecule has 7 nitrogen and oxygen atoms in total. The van der Waals surface area contributed by atoms with Crippen LogP contribution in [0, 0.1) is 0 Å². The first-order chi connectivity index (χ1) is 12.6. The molecule has 1 aliphatic rings. The summed E-state index contributed by atoms with van der Waals surface area (Å²) in [6.07, 6.45) is 6.19. The summed E-state index contributed by atoms with van der Waals surface area (Å²) in [4.78, 5) is 26.0. The predicted molar refractivity (Wildman–Crippen MR) is 103 cm³/mol. The van der Waals surface area contributed by atoms with Crippen LogP contribution in [0.25, 0.3) is 0 Å². The molecule has 0 bridgehead atoms. The number of amides is 3. The lowest BCUT2D eigenvalue weighted by Gasteiger charge is -2.28. The summed E-state index contributed by atoms with van der Waals surface area (Å²) in [7, 11) is -2.67. The lowest BCUT2D eigenvalue weighted by Crippen LogP contribution is -2.47. The second kappa shape index (κ2) is 13.2. The molecule has 0 aromatic heterocycles. The van der Waals surface area contributed by atoms with Crippen LogP contribution in [0.5, 0.6) is 0 Å². The number of hydrogen-bond donors (Lipinski definition) is 1. The molecule has 26 heavy (non-hydrogen) atoms. The van der Waals surface area contributed by atoms with Gasteiger partial charge in [0.05, 0.1) is 0 Å². The number of nitrogens with one attached hydrogen (secondary N) is 1. The van der Waals surface area contributed by atoms with Gasteiger partial charge in [0.15, 0.2) is 0 Å². The van der Waals surface area contributed by atoms with Crippen molar-refractivity contribution in [2.45, 2.75) is 71.8 Å². The Morgan fingerprint density at radius 3 is 2.19 bits per heavy atom. The molecule has 0 aromatic rings. The highest BCUT2D eigenvalue weighted by Gasteiger charge is 2.39. The van der Waals surface area contributed by atoms with Gasteiger partial charge in [0.2, 0.25) is 5.91 Å². The largest absolute Gasteiger partial charge is 0.500 e. The number of carbonyl (C=O) groups excluding carboxylic acids is 2. The van der Waals surface area contributed by atoms with E-state index in [0.717, 1.165) is 32.1 Å². The molecule has 1 heterocycles. The van der Waals surface area contributed by atoms with Crippen molar-refractivity contribution in [1.82, 2.24) is 10.2 Å². The maximum atomic E-state index is 12.4. The van der Waals surface area contributed by atoms with E-state index >= 15 is 0 Å². The smallest absolute Gasteiger partial charge is 0.374 e. The highest BCUT2D eigenvalue weighted by atomic mass is 28.4. The average Bonchev–Trinajstić information content (AvgIpc) is 2.71. The maximum absolute atomic E-state index is 12.4. The van der Waals surface area contributed by atoms with Crippen LogP contribution in [0.3, 0.4) is 0 Å². The van der Waals surface area contributed by atoms with Crippen molar-refractivity contribution in [1.29, 1.82) is 0 Å². The van der Waals surface area contributed by atoms with Crippen molar-refractivity contribution < 1.29 is 22.9 Å². The molecule has 0 spiro atoms. The molecule has 0 atom stereocenters. The summed E-state index contributed by atoms with van der Waals surface area (Å²) in [5, 5.41) is 2.87. The van der Waals surface area contributed by atoms with Gasteiger partial charge in [0.25, 0.3) is 0 Å². The average molecular weight is 389 g/mol. The minimum atomic E-state index is -2.67. The van der Waals surface area contributed by atoms with Gasteiger partial charge in [0, 0.05) is 45.4 Å². The number of urea groups is 1. The van der Waals surface area contributed by atoms with E-state index in [1.165, 1.54) is 4.90 Å². The molecule has 1 saturated heterocycles. The van der Waals surface area contributed by atoms with Gasteiger partial charge in [-0.15, -0.1) is 0 Å². The number of imide groups is 1. The van der Waals surface area contributed by atoms with Crippen molar-refractivity contribution in [2.24, 2.45) is 0 Å². The van der Waals surface area contributed by atoms with Gasteiger partial charge in [-0.2, -0.15) is 0 Å². The van der Waals surface area contributed by atoms with Crippen molar-refractivity contribution in [3.63, 3.8) is 0 Å². The van der Waals surface area contributed by atoms with E-state index in [9.17, 15) is 9.59 Å². The Hall–Kier alpha value is -0.963. The quantitative estimate of drug-likeness (QED) is 0.459. The zero-order valence-electron chi connectivity index (χ0n) is 16.7. The Kier molecular flexibility index (Phi) is 11.8. The van der Waals surface area contributed by atoms with Gasteiger partial charge in [-0.25, -0.2) is 4.79 Å². The first-order valence-electron chi connectivity index (χ1n) is 10.1. The topological polar surface area (TPSA) is 77.1 Å². The first kappa shape index (κ1) is 23.1. The van der Waals surface area contributed by atoms with Crippen LogP contribution in [0.1, 0.15) is 65.7 Å². The van der Waals surface area contributed by atoms with E-state index in [-0.39, 0.29) is 11.9 Å². The van der Waals surface area contributed by atoms with Crippen LogP contribution < -0.4 is 5.32 Å². The minimum Gasteiger partial charge on any atom is -0.374 e. The molecule has 0 saturated carbocycles. The van der Waals surface area contributed by atoms with E-state index in [4.69, 9.17) is 13.3 Å². The molecule has 1 N–H and O–H groups in total. The van der Waals surface area contributed by atoms with Gasteiger partial charge < -0.3 is 18.6 Å². The Morgan fingerprint density at radius 2 is 1.58 bits per heavy atom. The third kappa shape index (κ3) is 8.16. The molecular weight excluding hydrogens is 352 g/mol. The number of hydrogen-bond acceptors (Lipinski definition) is 5. The summed E-state index contributed by atoms with van der Waals surface area (Å²) >= 11 is 0. The van der Waals surface area contributed by atoms with E-state index in [1.807, 2.05) is 20.8 Å². The monoisotopic (exact) mass is 388 g/mol. The van der Waals surface area contributed by atoms with Crippen LogP contribution in [0.4, 0.5) is 4.79 Å². The molecule has 0 aliphatic carbocycles. The zero-order valence-corrected chi connectivity index (χ0v) is 17.7. The van der Waals surface area contributed by atoms with Crippen LogP contribution in [-0.2, 0) is 18.1 Å². The summed E-state index contributed by atoms with van der Waals surface area (Å²) in [5.74, 6) is -0.0638. The highest BCUT2D eigenvalue weighted by Crippen LogP contribution is 2.18. The van der Waals surface area contributed by atoms with Gasteiger partial charge in [0.1, 0.15) is 0 Å². The SMILES string of the molecule is CCO[Si](CCCNC(=O)N1CCCCCCCC1=O)(OCC)OCC. The standard InChI is InChI=1S/C18H36N2O5Si/c1-4-23-26(24-5-2,25-6-3)16-12-14-19-18(22)20-15-11-9-7-8-10-13-17(20)21/h4-16H2,1-3H3,(H,19,22). The molecule has 152 valence electrons. The fraction of sp³-hybridized carbons (Fsp3) is 0.889. The third-order valence-electron chi connectivity index (χ3n) is 4.35. The molecule has 0 unspecified atom stereocenters. The van der Waals surface area contributed by atoms with Crippen molar-refractivity contribution in [2.75, 3.05) is 32.9 Å². The molecule has 3 amide bonds. The van der Waals surface area contributed by atoms with Crippen LogP contribution in [0.2, 0.25) is 6.04 Å². The molecule has 1 aliphatic heterocycles. The highest BCUT2D eigenvalue weighted by molar-refractivity contribution is 6.60. The van der Waals surface area contributed by atoms with Crippen molar-refractivity contribution in [3.8, 4) is 0 Å². The van der Waals surface area contributed by atoms with E-state index < -0.39 is 8.80 Å². The molecule has 0 aromatic carbocycles. The second-order valence-corrected chi connectivity index (χ2v) is 9.11. The van der Waals surface area contributed by atoms with Gasteiger partial charge >= 0.3 is 14.8 Å². The molecule has 1 rings (SSSR count). The predicted octanol–water partition coefficient (Wildman–Crippen LogP) is 3.32. The number of carbonyl (C=O) groups is 2. The summed E-state index contributed by atoms with van der Waals surface area (Å²) in [6.45, 7) is 8.40. The Labute approximate surface area is 159 Å². The molecule has 1 fully saturated rings. The second-order valence-electron chi connectivity index (χ2n) is 6.38. The van der Waals surface area contributed by atoms with Gasteiger partial charge in [-0.05, 0) is 40.0 Å². The normalized spacial score (nSPS) is 16.7. The maximum Gasteiger partial charge on any atom is 0.500 e. The van der Waals surface area contributed by atoms with E-state index in [1.54, 1.807) is 0 Å². The molecule has 0 radical (unpaired) electrons. The lowest BCUT2D eigenvalue weighted by atomic mass is 10.1. The fourth-order valence-electron chi connectivity index (χ4n) is 3.15. The Morgan fingerprint density at radius 1 is 1.00 bits per heavy atom. The van der Waals surface area contributed by atoms with Gasteiger partial charge in [-0.1, -0.05) is 19.3 Å². The number of rotatable bonds is 10. The summed E-state index contributed by atoms with van der Waals surface area (Å²) in [5.41, 5.74) is 0. The van der Waals surface area contributed by atoms with Gasteiger partial charge in [-0.3, -0.25) is 9.69 Å². The lowest BCUT2D eigenvalue weighted by molar-refractivity contribution is -0.128. The van der Waals surface area contributed by atoms with E-state index in [2.05, 4.69) is 5.32 Å².